The van der Waals surface area contributed by atoms with Crippen molar-refractivity contribution in [3.63, 3.8) is 0 Å². The molecule has 0 saturated carbocycles. The summed E-state index contributed by atoms with van der Waals surface area (Å²) in [6, 6.07) is 17.1. The molecule has 25 heavy (non-hydrogen) atoms. The molecule has 5 nitrogen and oxygen atoms in total. The van der Waals surface area contributed by atoms with Crippen LogP contribution in [0.4, 0.5) is 5.69 Å². The van der Waals surface area contributed by atoms with Gasteiger partial charge in [0.15, 0.2) is 4.34 Å². The number of thioether (sulfide) groups is 1. The highest BCUT2D eigenvalue weighted by Crippen LogP contribution is 2.37. The Morgan fingerprint density at radius 2 is 1.96 bits per heavy atom. The normalized spacial score (nSPS) is 11.7. The molecule has 1 aromatic heterocycles. The Morgan fingerprint density at radius 1 is 1.20 bits per heavy atom. The van der Waals surface area contributed by atoms with E-state index >= 15 is 0 Å². The highest BCUT2D eigenvalue weighted by molar-refractivity contribution is 8.01. The van der Waals surface area contributed by atoms with E-state index in [0.717, 1.165) is 9.90 Å². The van der Waals surface area contributed by atoms with Crippen LogP contribution in [0.3, 0.4) is 0 Å². The van der Waals surface area contributed by atoms with E-state index in [2.05, 4.69) is 15.5 Å². The van der Waals surface area contributed by atoms with E-state index in [1.165, 1.54) is 23.1 Å². The first-order valence-electron chi connectivity index (χ1n) is 7.78. The first kappa shape index (κ1) is 17.4. The fourth-order valence-corrected chi connectivity index (χ4v) is 3.94. The van der Waals surface area contributed by atoms with Crippen LogP contribution < -0.4 is 10.1 Å². The van der Waals surface area contributed by atoms with Crippen LogP contribution in [0.25, 0.3) is 0 Å². The van der Waals surface area contributed by atoms with Crippen LogP contribution in [0.2, 0.25) is 0 Å². The molecule has 0 fully saturated rings. The summed E-state index contributed by atoms with van der Waals surface area (Å²) in [6.07, 6.45) is 0. The standard InChI is InChI=1S/C18H17N3O2S2/c1-2-23-15-11-7-6-10-14(15)20-17(22)16(13-8-4-3-5-9-13)25-18-21-19-12-24-18/h3-12,16H,2H2,1H3,(H,20,22). The molecular weight excluding hydrogens is 354 g/mol. The Kier molecular flexibility index (Phi) is 6.03. The van der Waals surface area contributed by atoms with Gasteiger partial charge in [-0.2, -0.15) is 0 Å². The lowest BCUT2D eigenvalue weighted by Crippen LogP contribution is -2.19. The van der Waals surface area contributed by atoms with Crippen molar-refractivity contribution in [2.45, 2.75) is 16.5 Å². The molecule has 0 aliphatic heterocycles. The third kappa shape index (κ3) is 4.58. The SMILES string of the molecule is CCOc1ccccc1NC(=O)C(Sc1nncs1)c1ccccc1. The molecule has 0 aliphatic rings. The Balaban J connectivity index is 1.84. The molecule has 1 heterocycles. The zero-order valence-electron chi connectivity index (χ0n) is 13.6. The number of amides is 1. The molecule has 0 radical (unpaired) electrons. The molecule has 128 valence electrons. The van der Waals surface area contributed by atoms with Crippen LogP contribution in [0.5, 0.6) is 5.75 Å². The van der Waals surface area contributed by atoms with Gasteiger partial charge in [0.05, 0.1) is 12.3 Å². The van der Waals surface area contributed by atoms with E-state index in [-0.39, 0.29) is 5.91 Å². The maximum atomic E-state index is 13.0. The summed E-state index contributed by atoms with van der Waals surface area (Å²) in [4.78, 5) is 13.0. The third-order valence-electron chi connectivity index (χ3n) is 3.34. The fraction of sp³-hybridized carbons (Fsp3) is 0.167. The highest BCUT2D eigenvalue weighted by Gasteiger charge is 2.24. The second-order valence-electron chi connectivity index (χ2n) is 5.03. The lowest BCUT2D eigenvalue weighted by molar-refractivity contribution is -0.115. The maximum absolute atomic E-state index is 13.0. The van der Waals surface area contributed by atoms with E-state index in [9.17, 15) is 4.79 Å². The summed E-state index contributed by atoms with van der Waals surface area (Å²) in [5.41, 5.74) is 3.23. The third-order valence-corrected chi connectivity index (χ3v) is 5.41. The van der Waals surface area contributed by atoms with E-state index in [4.69, 9.17) is 4.74 Å². The number of ether oxygens (including phenoxy) is 1. The first-order valence-corrected chi connectivity index (χ1v) is 9.54. The molecule has 3 rings (SSSR count). The second kappa shape index (κ2) is 8.64. The van der Waals surface area contributed by atoms with Crippen molar-refractivity contribution in [3.8, 4) is 5.75 Å². The van der Waals surface area contributed by atoms with Gasteiger partial charge in [0.1, 0.15) is 16.5 Å². The molecule has 1 atom stereocenters. The Morgan fingerprint density at radius 3 is 2.68 bits per heavy atom. The Labute approximate surface area is 154 Å². The van der Waals surface area contributed by atoms with Crippen LogP contribution in [0.1, 0.15) is 17.7 Å². The molecule has 0 aliphatic carbocycles. The predicted octanol–water partition coefficient (Wildman–Crippen LogP) is 4.41. The van der Waals surface area contributed by atoms with Crippen molar-refractivity contribution < 1.29 is 9.53 Å². The van der Waals surface area contributed by atoms with Crippen LogP contribution in [-0.4, -0.2) is 22.7 Å². The van der Waals surface area contributed by atoms with E-state index in [1.807, 2.05) is 61.5 Å². The van der Waals surface area contributed by atoms with Gasteiger partial charge in [-0.15, -0.1) is 10.2 Å². The number of nitrogens with one attached hydrogen (secondary N) is 1. The maximum Gasteiger partial charge on any atom is 0.242 e. The first-order chi connectivity index (χ1) is 12.3. The predicted molar refractivity (Wildman–Crippen MR) is 101 cm³/mol. The minimum atomic E-state index is -0.427. The van der Waals surface area contributed by atoms with Gasteiger partial charge in [0.25, 0.3) is 0 Å². The zero-order chi connectivity index (χ0) is 17.5. The van der Waals surface area contributed by atoms with Crippen LogP contribution >= 0.6 is 23.1 Å². The number of anilines is 1. The van der Waals surface area contributed by atoms with Gasteiger partial charge in [0, 0.05) is 0 Å². The van der Waals surface area contributed by atoms with Gasteiger partial charge in [-0.1, -0.05) is 65.6 Å². The van der Waals surface area contributed by atoms with Gasteiger partial charge >= 0.3 is 0 Å². The van der Waals surface area contributed by atoms with E-state index in [1.54, 1.807) is 5.51 Å². The fourth-order valence-electron chi connectivity index (χ4n) is 2.27. The number of nitrogens with zero attached hydrogens (tertiary/aromatic N) is 2. The number of hydrogen-bond acceptors (Lipinski definition) is 6. The van der Waals surface area contributed by atoms with Gasteiger partial charge in [-0.05, 0) is 24.6 Å². The van der Waals surface area contributed by atoms with Gasteiger partial charge in [-0.25, -0.2) is 0 Å². The average Bonchev–Trinajstić information content (AvgIpc) is 3.15. The summed E-state index contributed by atoms with van der Waals surface area (Å²) in [6.45, 7) is 2.45. The Bertz CT molecular complexity index is 810. The number of rotatable bonds is 7. The van der Waals surface area contributed by atoms with Crippen molar-refractivity contribution >= 4 is 34.7 Å². The molecule has 0 bridgehead atoms. The monoisotopic (exact) mass is 371 g/mol. The van der Waals surface area contributed by atoms with Gasteiger partial charge < -0.3 is 10.1 Å². The number of benzene rings is 2. The molecule has 3 aromatic rings. The summed E-state index contributed by atoms with van der Waals surface area (Å²) in [7, 11) is 0. The van der Waals surface area contributed by atoms with E-state index < -0.39 is 5.25 Å². The number of para-hydroxylation sites is 2. The quantitative estimate of drug-likeness (QED) is 0.623. The topological polar surface area (TPSA) is 64.1 Å². The number of carbonyl (C=O) groups excluding carboxylic acids is 1. The molecule has 7 heteroatoms. The van der Waals surface area contributed by atoms with Gasteiger partial charge in [0.2, 0.25) is 5.91 Å². The van der Waals surface area contributed by atoms with Crippen LogP contribution in [-0.2, 0) is 4.79 Å². The molecule has 1 unspecified atom stereocenters. The smallest absolute Gasteiger partial charge is 0.242 e. The highest BCUT2D eigenvalue weighted by atomic mass is 32.2. The van der Waals surface area contributed by atoms with Crippen molar-refractivity contribution in [2.24, 2.45) is 0 Å². The molecule has 0 saturated heterocycles. The number of aromatic nitrogens is 2. The van der Waals surface area contributed by atoms with Crippen molar-refractivity contribution in [2.75, 3.05) is 11.9 Å². The average molecular weight is 371 g/mol. The lowest BCUT2D eigenvalue weighted by Gasteiger charge is -2.17. The second-order valence-corrected chi connectivity index (χ2v) is 7.22. The van der Waals surface area contributed by atoms with Crippen molar-refractivity contribution in [3.05, 3.63) is 65.7 Å². The van der Waals surface area contributed by atoms with Crippen LogP contribution in [0.15, 0.2) is 64.4 Å². The number of hydrogen-bond donors (Lipinski definition) is 1. The summed E-state index contributed by atoms with van der Waals surface area (Å²) < 4.78 is 6.34. The molecule has 2 aromatic carbocycles. The molecular formula is C18H17N3O2S2. The zero-order valence-corrected chi connectivity index (χ0v) is 15.2. The summed E-state index contributed by atoms with van der Waals surface area (Å²) >= 11 is 2.80. The van der Waals surface area contributed by atoms with Crippen molar-refractivity contribution in [1.29, 1.82) is 0 Å². The van der Waals surface area contributed by atoms with Crippen LogP contribution in [0, 0.1) is 0 Å². The molecule has 0 spiro atoms. The summed E-state index contributed by atoms with van der Waals surface area (Å²) in [5, 5.41) is 10.4. The van der Waals surface area contributed by atoms with Gasteiger partial charge in [-0.3, -0.25) is 4.79 Å². The molecule has 1 N–H and O–H groups in total. The minimum Gasteiger partial charge on any atom is -0.492 e. The lowest BCUT2D eigenvalue weighted by atomic mass is 10.1. The minimum absolute atomic E-state index is 0.126. The van der Waals surface area contributed by atoms with E-state index in [0.29, 0.717) is 18.0 Å². The summed E-state index contributed by atoms with van der Waals surface area (Å²) in [5.74, 6) is 0.532. The largest absolute Gasteiger partial charge is 0.492 e. The van der Waals surface area contributed by atoms with Crippen molar-refractivity contribution in [1.82, 2.24) is 10.2 Å². The Hall–Kier alpha value is -2.38. The number of carbonyl (C=O) groups is 1. The molecule has 1 amide bonds.